The molecule has 0 aliphatic heterocycles. The van der Waals surface area contributed by atoms with Crippen LogP contribution in [0.1, 0.15) is 17.2 Å². The maximum Gasteiger partial charge on any atom is 0.0915 e. The molecule has 2 rings (SSSR count). The molecule has 4 N–H and O–H groups in total. The topological polar surface area (TPSA) is 58.3 Å². The summed E-state index contributed by atoms with van der Waals surface area (Å²) in [6.45, 7) is 1.26. The monoisotopic (exact) mass is 242 g/mol. The number of hydrogen-bond donors (Lipinski definition) is 3. The molecule has 0 spiro atoms. The summed E-state index contributed by atoms with van der Waals surface area (Å²) in [6.07, 6.45) is -0.530. The van der Waals surface area contributed by atoms with E-state index >= 15 is 0 Å². The van der Waals surface area contributed by atoms with Gasteiger partial charge < -0.3 is 16.2 Å². The molecule has 18 heavy (non-hydrogen) atoms. The minimum atomic E-state index is -0.530. The van der Waals surface area contributed by atoms with Gasteiger partial charge in [0.05, 0.1) is 6.10 Å². The van der Waals surface area contributed by atoms with E-state index in [0.29, 0.717) is 12.2 Å². The second-order valence-electron chi connectivity index (χ2n) is 4.30. The Kier molecular flexibility index (Phi) is 4.34. The molecule has 0 amide bonds. The number of aliphatic hydroxyl groups excluding tert-OH is 1. The molecule has 2 aromatic rings. The average Bonchev–Trinajstić information content (AvgIpc) is 2.40. The Balaban J connectivity index is 1.83. The van der Waals surface area contributed by atoms with Gasteiger partial charge in [0, 0.05) is 18.8 Å². The molecule has 3 nitrogen and oxygen atoms in total. The van der Waals surface area contributed by atoms with Crippen molar-refractivity contribution in [3.05, 3.63) is 65.7 Å². The van der Waals surface area contributed by atoms with E-state index in [1.807, 2.05) is 36.4 Å². The van der Waals surface area contributed by atoms with Gasteiger partial charge in [-0.05, 0) is 23.3 Å². The van der Waals surface area contributed by atoms with E-state index in [0.717, 1.165) is 12.1 Å². The van der Waals surface area contributed by atoms with E-state index in [4.69, 9.17) is 5.73 Å². The fourth-order valence-corrected chi connectivity index (χ4v) is 1.83. The summed E-state index contributed by atoms with van der Waals surface area (Å²) < 4.78 is 0. The van der Waals surface area contributed by atoms with E-state index in [2.05, 4.69) is 17.4 Å². The quantitative estimate of drug-likeness (QED) is 0.704. The van der Waals surface area contributed by atoms with Gasteiger partial charge in [0.15, 0.2) is 0 Å². The first-order chi connectivity index (χ1) is 8.75. The number of rotatable bonds is 5. The Morgan fingerprint density at radius 2 is 1.83 bits per heavy atom. The van der Waals surface area contributed by atoms with Crippen LogP contribution in [0.3, 0.4) is 0 Å². The van der Waals surface area contributed by atoms with Gasteiger partial charge in [0.1, 0.15) is 0 Å². The van der Waals surface area contributed by atoms with Gasteiger partial charge in [-0.15, -0.1) is 0 Å². The van der Waals surface area contributed by atoms with Crippen molar-refractivity contribution in [1.29, 1.82) is 0 Å². The number of nitrogens with one attached hydrogen (secondary N) is 1. The van der Waals surface area contributed by atoms with Gasteiger partial charge in [-0.2, -0.15) is 0 Å². The Bertz CT molecular complexity index is 485. The fourth-order valence-electron chi connectivity index (χ4n) is 1.83. The van der Waals surface area contributed by atoms with Crippen molar-refractivity contribution in [2.45, 2.75) is 12.6 Å². The Morgan fingerprint density at radius 1 is 1.06 bits per heavy atom. The van der Waals surface area contributed by atoms with Crippen LogP contribution in [0.15, 0.2) is 54.6 Å². The number of aliphatic hydroxyl groups is 1. The normalized spacial score (nSPS) is 12.3. The average molecular weight is 242 g/mol. The molecule has 94 valence electrons. The van der Waals surface area contributed by atoms with Crippen molar-refractivity contribution in [3.8, 4) is 0 Å². The Labute approximate surface area is 107 Å². The number of hydrogen-bond acceptors (Lipinski definition) is 3. The maximum absolute atomic E-state index is 10.0. The minimum Gasteiger partial charge on any atom is -0.399 e. The van der Waals surface area contributed by atoms with Crippen LogP contribution in [0.5, 0.6) is 0 Å². The third kappa shape index (κ3) is 3.58. The van der Waals surface area contributed by atoms with E-state index in [-0.39, 0.29) is 0 Å². The summed E-state index contributed by atoms with van der Waals surface area (Å²) in [7, 11) is 0. The van der Waals surface area contributed by atoms with Crippen LogP contribution in [0.25, 0.3) is 0 Å². The van der Waals surface area contributed by atoms with Gasteiger partial charge in [0.2, 0.25) is 0 Å². The van der Waals surface area contributed by atoms with Crippen LogP contribution in [0.4, 0.5) is 5.69 Å². The van der Waals surface area contributed by atoms with Crippen molar-refractivity contribution in [2.75, 3.05) is 12.3 Å². The number of anilines is 1. The molecule has 0 bridgehead atoms. The predicted molar refractivity (Wildman–Crippen MR) is 74.0 cm³/mol. The van der Waals surface area contributed by atoms with Crippen molar-refractivity contribution in [1.82, 2.24) is 5.32 Å². The molecule has 0 aliphatic carbocycles. The molecule has 0 radical (unpaired) electrons. The molecule has 0 fully saturated rings. The van der Waals surface area contributed by atoms with Crippen molar-refractivity contribution in [3.63, 3.8) is 0 Å². The second kappa shape index (κ2) is 6.19. The van der Waals surface area contributed by atoms with Crippen LogP contribution in [-0.4, -0.2) is 11.7 Å². The summed E-state index contributed by atoms with van der Waals surface area (Å²) in [4.78, 5) is 0. The number of benzene rings is 2. The maximum atomic E-state index is 10.0. The Hall–Kier alpha value is -1.84. The lowest BCUT2D eigenvalue weighted by atomic mass is 10.1. The fraction of sp³-hybridized carbons (Fsp3) is 0.200. The highest BCUT2D eigenvalue weighted by molar-refractivity contribution is 5.41. The van der Waals surface area contributed by atoms with Crippen molar-refractivity contribution < 1.29 is 5.11 Å². The molecule has 0 saturated heterocycles. The van der Waals surface area contributed by atoms with Crippen LogP contribution >= 0.6 is 0 Å². The van der Waals surface area contributed by atoms with E-state index in [1.165, 1.54) is 5.56 Å². The summed E-state index contributed by atoms with van der Waals surface area (Å²) in [5.74, 6) is 0. The summed E-state index contributed by atoms with van der Waals surface area (Å²) in [5.41, 5.74) is 8.41. The lowest BCUT2D eigenvalue weighted by molar-refractivity contribution is 0.174. The smallest absolute Gasteiger partial charge is 0.0915 e. The summed E-state index contributed by atoms with van der Waals surface area (Å²) in [5, 5.41) is 13.2. The van der Waals surface area contributed by atoms with Gasteiger partial charge >= 0.3 is 0 Å². The van der Waals surface area contributed by atoms with Crippen molar-refractivity contribution >= 4 is 5.69 Å². The molecule has 1 atom stereocenters. The van der Waals surface area contributed by atoms with Crippen LogP contribution in [0.2, 0.25) is 0 Å². The highest BCUT2D eigenvalue weighted by atomic mass is 16.3. The first-order valence-corrected chi connectivity index (χ1v) is 6.04. The summed E-state index contributed by atoms with van der Waals surface area (Å²) >= 11 is 0. The van der Waals surface area contributed by atoms with Crippen LogP contribution in [-0.2, 0) is 6.54 Å². The molecule has 0 unspecified atom stereocenters. The van der Waals surface area contributed by atoms with Gasteiger partial charge in [-0.3, -0.25) is 0 Å². The zero-order valence-corrected chi connectivity index (χ0v) is 10.2. The minimum absolute atomic E-state index is 0.512. The van der Waals surface area contributed by atoms with Crippen LogP contribution < -0.4 is 11.1 Å². The third-order valence-corrected chi connectivity index (χ3v) is 2.81. The standard InChI is InChI=1S/C15H18N2O/c16-14-8-4-7-13(9-14)15(18)11-17-10-12-5-2-1-3-6-12/h1-9,15,17-18H,10-11,16H2/t15-/m1/s1. The highest BCUT2D eigenvalue weighted by Gasteiger charge is 2.06. The van der Waals surface area contributed by atoms with E-state index in [1.54, 1.807) is 6.07 Å². The summed E-state index contributed by atoms with van der Waals surface area (Å²) in [6, 6.07) is 17.5. The van der Waals surface area contributed by atoms with Crippen LogP contribution in [0, 0.1) is 0 Å². The van der Waals surface area contributed by atoms with Gasteiger partial charge in [-0.1, -0.05) is 42.5 Å². The molecule has 0 aliphatic rings. The first kappa shape index (κ1) is 12.6. The molecule has 3 heteroatoms. The zero-order chi connectivity index (χ0) is 12.8. The molecular weight excluding hydrogens is 224 g/mol. The van der Waals surface area contributed by atoms with Gasteiger partial charge in [-0.25, -0.2) is 0 Å². The largest absolute Gasteiger partial charge is 0.399 e. The lowest BCUT2D eigenvalue weighted by Gasteiger charge is -2.12. The first-order valence-electron chi connectivity index (χ1n) is 6.04. The molecule has 0 saturated carbocycles. The van der Waals surface area contributed by atoms with Crippen molar-refractivity contribution in [2.24, 2.45) is 0 Å². The van der Waals surface area contributed by atoms with E-state index in [9.17, 15) is 5.11 Å². The highest BCUT2D eigenvalue weighted by Crippen LogP contribution is 2.14. The second-order valence-corrected chi connectivity index (χ2v) is 4.30. The SMILES string of the molecule is Nc1cccc([C@H](O)CNCc2ccccc2)c1. The predicted octanol–water partition coefficient (Wildman–Crippen LogP) is 2.09. The number of nitrogens with two attached hydrogens (primary N) is 1. The lowest BCUT2D eigenvalue weighted by Crippen LogP contribution is -2.21. The molecule has 0 aromatic heterocycles. The number of nitrogen functional groups attached to an aromatic ring is 1. The molecular formula is C15H18N2O. The van der Waals surface area contributed by atoms with E-state index < -0.39 is 6.10 Å². The molecule has 0 heterocycles. The molecule has 2 aromatic carbocycles. The third-order valence-electron chi connectivity index (χ3n) is 2.81. The Morgan fingerprint density at radius 3 is 2.56 bits per heavy atom. The van der Waals surface area contributed by atoms with Gasteiger partial charge in [0.25, 0.3) is 0 Å². The zero-order valence-electron chi connectivity index (χ0n) is 10.2.